The van der Waals surface area contributed by atoms with E-state index in [1.165, 1.54) is 18.2 Å². The van der Waals surface area contributed by atoms with E-state index >= 15 is 0 Å². The van der Waals surface area contributed by atoms with Crippen LogP contribution in [0.15, 0.2) is 71.3 Å². The van der Waals surface area contributed by atoms with Crippen LogP contribution in [-0.2, 0) is 0 Å². The van der Waals surface area contributed by atoms with Gasteiger partial charge in [0.2, 0.25) is 0 Å². The fourth-order valence-corrected chi connectivity index (χ4v) is 2.79. The van der Waals surface area contributed by atoms with Crippen LogP contribution in [0, 0.1) is 0 Å². The van der Waals surface area contributed by atoms with Crippen molar-refractivity contribution in [1.82, 2.24) is 5.43 Å². The van der Waals surface area contributed by atoms with Crippen LogP contribution < -0.4 is 20.9 Å². The third-order valence-electron chi connectivity index (χ3n) is 3.28. The summed E-state index contributed by atoms with van der Waals surface area (Å²) < 4.78 is 8.27. The van der Waals surface area contributed by atoms with E-state index < -0.39 is 0 Å². The van der Waals surface area contributed by atoms with Crippen molar-refractivity contribution >= 4 is 46.5 Å². The molecule has 0 atom stereocenters. The molecule has 8 heteroatoms. The fourth-order valence-electron chi connectivity index (χ4n) is 2.08. The molecule has 0 aliphatic rings. The topological polar surface area (TPSA) is 78.3 Å². The zero-order valence-electron chi connectivity index (χ0n) is 13.7. The summed E-state index contributed by atoms with van der Waals surface area (Å²) in [6, 6.07) is 18.2. The van der Waals surface area contributed by atoms with E-state index in [0.29, 0.717) is 16.6 Å². The fraction of sp³-hybridized carbons (Fsp3) is 0.0556. The summed E-state index contributed by atoms with van der Waals surface area (Å²) >= 11 is 7.41. The van der Waals surface area contributed by atoms with E-state index in [1.54, 1.807) is 12.1 Å². The molecular formula is C18H17ClN4O2S. The molecule has 3 aromatic rings. The highest BCUT2D eigenvalue weighted by molar-refractivity contribution is 8.00. The predicted octanol–water partition coefficient (Wildman–Crippen LogP) is 4.82. The number of hydrogen-bond donors (Lipinski definition) is 4. The molecule has 0 aliphatic heterocycles. The second kappa shape index (κ2) is 9.19. The number of amides is 1. The standard InChI is InChI=1S/C18H17ClN4O2S/c19-13-3-1-4-16(11-13)22-20-12-26-23-15-8-6-14(7-9-15)21-18(24)17-5-2-10-25-17/h1-11,20,22-23H,12H2,(H,21,24). The maximum atomic E-state index is 11.9. The molecule has 26 heavy (non-hydrogen) atoms. The molecule has 0 unspecified atom stereocenters. The van der Waals surface area contributed by atoms with Crippen molar-refractivity contribution in [3.05, 3.63) is 77.7 Å². The average Bonchev–Trinajstić information content (AvgIpc) is 3.18. The molecule has 1 aromatic heterocycles. The zero-order chi connectivity index (χ0) is 18.2. The SMILES string of the molecule is O=C(Nc1ccc(NSCNNc2cccc(Cl)c2)cc1)c1ccco1. The molecule has 0 fully saturated rings. The number of halogens is 1. The van der Waals surface area contributed by atoms with Gasteiger partial charge in [0.1, 0.15) is 0 Å². The molecule has 4 N–H and O–H groups in total. The van der Waals surface area contributed by atoms with Crippen molar-refractivity contribution < 1.29 is 9.21 Å². The number of anilines is 3. The van der Waals surface area contributed by atoms with Gasteiger partial charge in [-0.1, -0.05) is 17.7 Å². The summed E-state index contributed by atoms with van der Waals surface area (Å²) in [6.07, 6.45) is 1.47. The number of carbonyl (C=O) groups excluding carboxylic acids is 1. The van der Waals surface area contributed by atoms with Crippen LogP contribution >= 0.6 is 23.5 Å². The van der Waals surface area contributed by atoms with Crippen molar-refractivity contribution in [2.75, 3.05) is 21.3 Å². The molecule has 134 valence electrons. The lowest BCUT2D eigenvalue weighted by atomic mass is 10.3. The highest BCUT2D eigenvalue weighted by Gasteiger charge is 2.08. The van der Waals surface area contributed by atoms with E-state index in [1.807, 2.05) is 48.5 Å². The van der Waals surface area contributed by atoms with Crippen LogP contribution in [0.25, 0.3) is 0 Å². The van der Waals surface area contributed by atoms with Crippen molar-refractivity contribution in [2.45, 2.75) is 0 Å². The van der Waals surface area contributed by atoms with Gasteiger partial charge in [0, 0.05) is 16.4 Å². The Labute approximate surface area is 160 Å². The summed E-state index contributed by atoms with van der Waals surface area (Å²) in [7, 11) is 0. The first-order chi connectivity index (χ1) is 12.7. The van der Waals surface area contributed by atoms with Gasteiger partial charge in [0.25, 0.3) is 5.91 Å². The van der Waals surface area contributed by atoms with Crippen LogP contribution in [0.5, 0.6) is 0 Å². The minimum absolute atomic E-state index is 0.277. The maximum absolute atomic E-state index is 11.9. The van der Waals surface area contributed by atoms with Gasteiger partial charge in [-0.3, -0.25) is 4.79 Å². The maximum Gasteiger partial charge on any atom is 0.291 e. The first-order valence-electron chi connectivity index (χ1n) is 7.78. The molecular weight excluding hydrogens is 372 g/mol. The summed E-state index contributed by atoms with van der Waals surface area (Å²) in [4.78, 5) is 11.9. The Bertz CT molecular complexity index is 841. The predicted molar refractivity (Wildman–Crippen MR) is 107 cm³/mol. The van der Waals surface area contributed by atoms with E-state index in [0.717, 1.165) is 11.4 Å². The lowest BCUT2D eigenvalue weighted by Gasteiger charge is -2.10. The Hall–Kier alpha value is -2.61. The van der Waals surface area contributed by atoms with Gasteiger partial charge in [-0.05, 0) is 66.5 Å². The Balaban J connectivity index is 1.38. The number of hydrazine groups is 1. The molecule has 6 nitrogen and oxygen atoms in total. The molecule has 0 bridgehead atoms. The molecule has 1 amide bonds. The lowest BCUT2D eigenvalue weighted by Crippen LogP contribution is -2.21. The van der Waals surface area contributed by atoms with Crippen LogP contribution in [0.4, 0.5) is 17.1 Å². The second-order valence-corrected chi connectivity index (χ2v) is 6.43. The monoisotopic (exact) mass is 388 g/mol. The average molecular weight is 389 g/mol. The highest BCUT2D eigenvalue weighted by atomic mass is 35.5. The number of furan rings is 1. The quantitative estimate of drug-likeness (QED) is 0.192. The Kier molecular flexibility index (Phi) is 6.43. The van der Waals surface area contributed by atoms with Gasteiger partial charge in [-0.25, -0.2) is 5.43 Å². The van der Waals surface area contributed by atoms with Gasteiger partial charge < -0.3 is 19.9 Å². The summed E-state index contributed by atoms with van der Waals surface area (Å²) in [5.74, 6) is 0.631. The minimum atomic E-state index is -0.277. The Morgan fingerprint density at radius 1 is 1.00 bits per heavy atom. The minimum Gasteiger partial charge on any atom is -0.459 e. The van der Waals surface area contributed by atoms with Crippen LogP contribution in [0.2, 0.25) is 5.02 Å². The molecule has 0 saturated carbocycles. The van der Waals surface area contributed by atoms with Gasteiger partial charge in [0.05, 0.1) is 17.8 Å². The number of hydrogen-bond acceptors (Lipinski definition) is 6. The van der Waals surface area contributed by atoms with E-state index in [2.05, 4.69) is 20.9 Å². The number of benzene rings is 2. The molecule has 2 aromatic carbocycles. The summed E-state index contributed by atoms with van der Waals surface area (Å²) in [5.41, 5.74) is 8.66. The first-order valence-corrected chi connectivity index (χ1v) is 9.14. The smallest absolute Gasteiger partial charge is 0.291 e. The van der Waals surface area contributed by atoms with Crippen LogP contribution in [-0.4, -0.2) is 11.8 Å². The normalized spacial score (nSPS) is 10.3. The summed E-state index contributed by atoms with van der Waals surface area (Å²) in [6.45, 7) is 0. The zero-order valence-corrected chi connectivity index (χ0v) is 15.2. The number of rotatable bonds is 8. The van der Waals surface area contributed by atoms with E-state index in [-0.39, 0.29) is 11.7 Å². The molecule has 0 saturated heterocycles. The van der Waals surface area contributed by atoms with Crippen molar-refractivity contribution in [3.8, 4) is 0 Å². The van der Waals surface area contributed by atoms with Gasteiger partial charge in [-0.2, -0.15) is 0 Å². The van der Waals surface area contributed by atoms with Crippen molar-refractivity contribution in [2.24, 2.45) is 0 Å². The number of nitrogens with one attached hydrogen (secondary N) is 4. The Morgan fingerprint density at radius 2 is 1.81 bits per heavy atom. The highest BCUT2D eigenvalue weighted by Crippen LogP contribution is 2.18. The van der Waals surface area contributed by atoms with Crippen LogP contribution in [0.1, 0.15) is 10.6 Å². The van der Waals surface area contributed by atoms with Gasteiger partial charge in [-0.15, -0.1) is 0 Å². The molecule has 0 radical (unpaired) electrons. The summed E-state index contributed by atoms with van der Waals surface area (Å²) in [5, 5.41) is 3.45. The van der Waals surface area contributed by atoms with E-state index in [4.69, 9.17) is 16.0 Å². The third-order valence-corrected chi connectivity index (χ3v) is 4.18. The lowest BCUT2D eigenvalue weighted by molar-refractivity contribution is 0.0996. The second-order valence-electron chi connectivity index (χ2n) is 5.21. The van der Waals surface area contributed by atoms with E-state index in [9.17, 15) is 4.79 Å². The molecule has 3 rings (SSSR count). The Morgan fingerprint density at radius 3 is 2.54 bits per heavy atom. The van der Waals surface area contributed by atoms with Crippen LogP contribution in [0.3, 0.4) is 0 Å². The van der Waals surface area contributed by atoms with Crippen molar-refractivity contribution in [1.29, 1.82) is 0 Å². The van der Waals surface area contributed by atoms with Crippen molar-refractivity contribution in [3.63, 3.8) is 0 Å². The largest absolute Gasteiger partial charge is 0.459 e. The molecule has 0 aliphatic carbocycles. The van der Waals surface area contributed by atoms with Gasteiger partial charge >= 0.3 is 0 Å². The van der Waals surface area contributed by atoms with Gasteiger partial charge in [0.15, 0.2) is 5.76 Å². The molecule has 0 spiro atoms. The first kappa shape index (κ1) is 18.2. The third kappa shape index (κ3) is 5.45. The molecule has 1 heterocycles. The number of carbonyl (C=O) groups is 1.